The topological polar surface area (TPSA) is 87.5 Å². The van der Waals surface area contributed by atoms with Gasteiger partial charge in [-0.05, 0) is 36.5 Å². The molecule has 0 saturated carbocycles. The summed E-state index contributed by atoms with van der Waals surface area (Å²) in [5.41, 5.74) is 2.09. The largest absolute Gasteiger partial charge is 0.378 e. The van der Waals surface area contributed by atoms with Crippen LogP contribution in [-0.2, 0) is 27.9 Å². The van der Waals surface area contributed by atoms with Crippen LogP contribution in [0.25, 0.3) is 0 Å². The highest BCUT2D eigenvalue weighted by Gasteiger charge is 2.29. The number of imidazole rings is 1. The van der Waals surface area contributed by atoms with Gasteiger partial charge in [0.1, 0.15) is 6.54 Å². The fourth-order valence-corrected chi connectivity index (χ4v) is 4.66. The van der Waals surface area contributed by atoms with Crippen molar-refractivity contribution < 1.29 is 13.2 Å². The van der Waals surface area contributed by atoms with E-state index >= 15 is 0 Å². The Labute approximate surface area is 172 Å². The molecule has 1 N–H and O–H groups in total. The van der Waals surface area contributed by atoms with E-state index in [4.69, 9.17) is 0 Å². The average Bonchev–Trinajstić information content (AvgIpc) is 3.16. The van der Waals surface area contributed by atoms with Gasteiger partial charge in [-0.2, -0.15) is 4.31 Å². The Kier molecular flexibility index (Phi) is 6.59. The highest BCUT2D eigenvalue weighted by atomic mass is 32.2. The molecule has 29 heavy (non-hydrogen) atoms. The SMILES string of the molecule is CC1CCN(S(=O)(=O)c2cn(CC(=O)NCc3ccc(N(C)C)cc3)cn2)CC1. The maximum atomic E-state index is 12.7. The molecule has 2 aromatic rings. The van der Waals surface area contributed by atoms with Crippen LogP contribution in [0.1, 0.15) is 25.3 Å². The molecule has 0 atom stereocenters. The first-order chi connectivity index (χ1) is 13.8. The minimum atomic E-state index is -3.60. The molecule has 1 aromatic carbocycles. The quantitative estimate of drug-likeness (QED) is 0.738. The number of aromatic nitrogens is 2. The lowest BCUT2D eigenvalue weighted by Gasteiger charge is -2.28. The van der Waals surface area contributed by atoms with Crippen LogP contribution < -0.4 is 10.2 Å². The number of nitrogens with one attached hydrogen (secondary N) is 1. The minimum Gasteiger partial charge on any atom is -0.378 e. The molecule has 8 nitrogen and oxygen atoms in total. The first kappa shape index (κ1) is 21.3. The molecule has 3 rings (SSSR count). The van der Waals surface area contributed by atoms with E-state index in [1.807, 2.05) is 43.3 Å². The van der Waals surface area contributed by atoms with Crippen molar-refractivity contribution in [3.8, 4) is 0 Å². The van der Waals surface area contributed by atoms with Gasteiger partial charge in [-0.1, -0.05) is 19.1 Å². The maximum absolute atomic E-state index is 12.7. The van der Waals surface area contributed by atoms with Crippen LogP contribution in [-0.4, -0.2) is 55.4 Å². The number of hydrogen-bond donors (Lipinski definition) is 1. The number of carbonyl (C=O) groups is 1. The predicted octanol–water partition coefficient (Wildman–Crippen LogP) is 1.69. The van der Waals surface area contributed by atoms with Crippen LogP contribution in [0, 0.1) is 5.92 Å². The number of benzene rings is 1. The standard InChI is InChI=1S/C20H29N5O3S/c1-16-8-10-25(11-9-16)29(27,28)20-14-24(15-22-20)13-19(26)21-12-17-4-6-18(7-5-17)23(2)3/h4-7,14-16H,8-13H2,1-3H3,(H,21,26). The molecule has 1 aromatic heterocycles. The normalized spacial score (nSPS) is 16.0. The van der Waals surface area contributed by atoms with E-state index in [1.54, 1.807) is 0 Å². The predicted molar refractivity (Wildman–Crippen MR) is 112 cm³/mol. The second-order valence-corrected chi connectivity index (χ2v) is 9.69. The van der Waals surface area contributed by atoms with E-state index in [0.717, 1.165) is 24.1 Å². The molecular weight excluding hydrogens is 390 g/mol. The molecule has 1 saturated heterocycles. The lowest BCUT2D eigenvalue weighted by molar-refractivity contribution is -0.121. The van der Waals surface area contributed by atoms with Gasteiger partial charge < -0.3 is 14.8 Å². The lowest BCUT2D eigenvalue weighted by Crippen LogP contribution is -2.38. The fraction of sp³-hybridized carbons (Fsp3) is 0.500. The summed E-state index contributed by atoms with van der Waals surface area (Å²) < 4.78 is 28.4. The Morgan fingerprint density at radius 1 is 1.21 bits per heavy atom. The van der Waals surface area contributed by atoms with Gasteiger partial charge in [0.2, 0.25) is 5.91 Å². The van der Waals surface area contributed by atoms with E-state index in [2.05, 4.69) is 17.2 Å². The molecule has 1 fully saturated rings. The Morgan fingerprint density at radius 2 is 1.86 bits per heavy atom. The molecular formula is C20H29N5O3S. The first-order valence-electron chi connectivity index (χ1n) is 9.80. The Bertz CT molecular complexity index is 929. The molecule has 0 aliphatic carbocycles. The van der Waals surface area contributed by atoms with Crippen molar-refractivity contribution in [1.29, 1.82) is 0 Å². The van der Waals surface area contributed by atoms with Crippen LogP contribution in [0.4, 0.5) is 5.69 Å². The van der Waals surface area contributed by atoms with Crippen molar-refractivity contribution in [2.24, 2.45) is 5.92 Å². The highest BCUT2D eigenvalue weighted by Crippen LogP contribution is 2.22. The zero-order chi connectivity index (χ0) is 21.0. The smallest absolute Gasteiger partial charge is 0.262 e. The molecule has 1 aliphatic heterocycles. The monoisotopic (exact) mass is 419 g/mol. The lowest BCUT2D eigenvalue weighted by atomic mass is 10.0. The van der Waals surface area contributed by atoms with Crippen molar-refractivity contribution in [2.75, 3.05) is 32.1 Å². The summed E-state index contributed by atoms with van der Waals surface area (Å²) in [6.45, 7) is 3.61. The molecule has 0 spiro atoms. The van der Waals surface area contributed by atoms with Crippen LogP contribution in [0.5, 0.6) is 0 Å². The highest BCUT2D eigenvalue weighted by molar-refractivity contribution is 7.89. The van der Waals surface area contributed by atoms with Crippen molar-refractivity contribution in [2.45, 2.75) is 37.9 Å². The summed E-state index contributed by atoms with van der Waals surface area (Å²) in [6, 6.07) is 7.93. The van der Waals surface area contributed by atoms with Gasteiger partial charge in [-0.3, -0.25) is 4.79 Å². The van der Waals surface area contributed by atoms with E-state index in [-0.39, 0.29) is 17.5 Å². The summed E-state index contributed by atoms with van der Waals surface area (Å²) in [5, 5.41) is 2.85. The minimum absolute atomic E-state index is 0.000808. The van der Waals surface area contributed by atoms with Gasteiger partial charge in [0.05, 0.1) is 6.33 Å². The van der Waals surface area contributed by atoms with Gasteiger partial charge in [-0.25, -0.2) is 13.4 Å². The third kappa shape index (κ3) is 5.36. The first-order valence-corrected chi connectivity index (χ1v) is 11.2. The van der Waals surface area contributed by atoms with Gasteiger partial charge in [0.15, 0.2) is 5.03 Å². The Morgan fingerprint density at radius 3 is 2.48 bits per heavy atom. The summed E-state index contributed by atoms with van der Waals surface area (Å²) in [6.07, 6.45) is 4.54. The number of rotatable bonds is 7. The molecule has 158 valence electrons. The second kappa shape index (κ2) is 8.96. The molecule has 0 unspecified atom stereocenters. The van der Waals surface area contributed by atoms with Crippen LogP contribution >= 0.6 is 0 Å². The third-order valence-electron chi connectivity index (χ3n) is 5.22. The summed E-state index contributed by atoms with van der Waals surface area (Å²) in [5.74, 6) is 0.344. The number of nitrogens with zero attached hydrogens (tertiary/aromatic N) is 4. The summed E-state index contributed by atoms with van der Waals surface area (Å²) in [7, 11) is 0.348. The van der Waals surface area contributed by atoms with Crippen LogP contribution in [0.15, 0.2) is 41.8 Å². The Hall–Kier alpha value is -2.39. The van der Waals surface area contributed by atoms with Gasteiger partial charge >= 0.3 is 0 Å². The number of carbonyl (C=O) groups excluding carboxylic acids is 1. The third-order valence-corrected chi connectivity index (χ3v) is 7.01. The van der Waals surface area contributed by atoms with Gasteiger partial charge in [-0.15, -0.1) is 0 Å². The number of anilines is 1. The van der Waals surface area contributed by atoms with Crippen molar-refractivity contribution in [3.63, 3.8) is 0 Å². The fourth-order valence-electron chi connectivity index (χ4n) is 3.25. The van der Waals surface area contributed by atoms with E-state index in [9.17, 15) is 13.2 Å². The van der Waals surface area contributed by atoms with Crippen molar-refractivity contribution in [1.82, 2.24) is 19.2 Å². The maximum Gasteiger partial charge on any atom is 0.262 e. The zero-order valence-corrected chi connectivity index (χ0v) is 18.0. The number of sulfonamides is 1. The number of hydrogen-bond acceptors (Lipinski definition) is 5. The summed E-state index contributed by atoms with van der Waals surface area (Å²) in [4.78, 5) is 18.3. The number of amides is 1. The van der Waals surface area contributed by atoms with Gasteiger partial charge in [0.25, 0.3) is 10.0 Å². The van der Waals surface area contributed by atoms with Gasteiger partial charge in [0, 0.05) is 45.6 Å². The Balaban J connectivity index is 1.54. The van der Waals surface area contributed by atoms with Crippen molar-refractivity contribution >= 4 is 21.6 Å². The molecule has 2 heterocycles. The molecule has 1 aliphatic rings. The van der Waals surface area contributed by atoms with Crippen molar-refractivity contribution in [3.05, 3.63) is 42.4 Å². The molecule has 1 amide bonds. The zero-order valence-electron chi connectivity index (χ0n) is 17.2. The van der Waals surface area contributed by atoms with E-state index in [1.165, 1.54) is 21.4 Å². The average molecular weight is 420 g/mol. The van der Waals surface area contributed by atoms with E-state index < -0.39 is 10.0 Å². The molecule has 0 radical (unpaired) electrons. The molecule has 9 heteroatoms. The number of piperidine rings is 1. The van der Waals surface area contributed by atoms with E-state index in [0.29, 0.717) is 25.6 Å². The summed E-state index contributed by atoms with van der Waals surface area (Å²) >= 11 is 0. The van der Waals surface area contributed by atoms with Crippen LogP contribution in [0.3, 0.4) is 0 Å². The second-order valence-electron chi connectivity index (χ2n) is 7.81. The molecule has 0 bridgehead atoms. The van der Waals surface area contributed by atoms with Crippen LogP contribution in [0.2, 0.25) is 0 Å².